The van der Waals surface area contributed by atoms with Gasteiger partial charge < -0.3 is 15.4 Å². The first-order valence-corrected chi connectivity index (χ1v) is 16.1. The summed E-state index contributed by atoms with van der Waals surface area (Å²) in [7, 11) is 0. The van der Waals surface area contributed by atoms with Gasteiger partial charge in [0.1, 0.15) is 18.2 Å². The van der Waals surface area contributed by atoms with Crippen LogP contribution in [0.1, 0.15) is 40.8 Å². The van der Waals surface area contributed by atoms with Crippen molar-refractivity contribution in [1.29, 1.82) is 0 Å². The maximum atomic E-state index is 6.61. The third-order valence-electron chi connectivity index (χ3n) is 9.16. The molecule has 3 unspecified atom stereocenters. The summed E-state index contributed by atoms with van der Waals surface area (Å²) in [5.74, 6) is 1.77. The smallest absolute Gasteiger partial charge is 0.196 e. The molecule has 0 saturated carbocycles. The number of hydrogen-bond acceptors (Lipinski definition) is 5. The Morgan fingerprint density at radius 3 is 1.94 bits per heavy atom. The zero-order chi connectivity index (χ0) is 31.2. The Morgan fingerprint density at radius 1 is 0.511 bits per heavy atom. The van der Waals surface area contributed by atoms with Crippen molar-refractivity contribution in [2.24, 2.45) is 4.99 Å². The molecule has 0 saturated heterocycles. The molecule has 3 N–H and O–H groups in total. The molecule has 0 aromatic heterocycles. The van der Waals surface area contributed by atoms with Crippen LogP contribution >= 0.6 is 0 Å². The highest BCUT2D eigenvalue weighted by atomic mass is 16.5. The zero-order valence-corrected chi connectivity index (χ0v) is 25.6. The van der Waals surface area contributed by atoms with Crippen molar-refractivity contribution < 1.29 is 4.74 Å². The molecule has 0 fully saturated rings. The Kier molecular flexibility index (Phi) is 6.69. The van der Waals surface area contributed by atoms with E-state index < -0.39 is 0 Å². The summed E-state index contributed by atoms with van der Waals surface area (Å²) in [4.78, 5) is 5.17. The molecule has 0 aliphatic carbocycles. The van der Waals surface area contributed by atoms with Gasteiger partial charge >= 0.3 is 0 Å². The van der Waals surface area contributed by atoms with Crippen molar-refractivity contribution in [1.82, 2.24) is 10.6 Å². The van der Waals surface area contributed by atoms with E-state index in [0.29, 0.717) is 0 Å². The molecule has 2 heterocycles. The molecule has 2 aliphatic rings. The molecule has 2 aliphatic heterocycles. The first-order valence-electron chi connectivity index (χ1n) is 16.1. The first kappa shape index (κ1) is 27.4. The first-order chi connectivity index (χ1) is 23.3. The lowest BCUT2D eigenvalue weighted by molar-refractivity contribution is 0.263. The van der Waals surface area contributed by atoms with E-state index >= 15 is 0 Å². The molecular weight excluding hydrogens is 576 g/mol. The third-order valence-corrected chi connectivity index (χ3v) is 9.16. The predicted octanol–water partition coefficient (Wildman–Crippen LogP) is 9.50. The quantitative estimate of drug-likeness (QED) is 0.170. The van der Waals surface area contributed by atoms with Gasteiger partial charge in [0, 0.05) is 16.5 Å². The van der Waals surface area contributed by atoms with E-state index in [4.69, 9.17) is 9.73 Å². The molecule has 0 amide bonds. The number of amidine groups is 1. The van der Waals surface area contributed by atoms with Gasteiger partial charge in [-0.05, 0) is 56.6 Å². The Labute approximate surface area is 273 Å². The lowest BCUT2D eigenvalue weighted by atomic mass is 9.95. The van der Waals surface area contributed by atoms with Crippen LogP contribution in [0.5, 0.6) is 5.75 Å². The lowest BCUT2D eigenvalue weighted by Crippen LogP contribution is -2.44. The summed E-state index contributed by atoms with van der Waals surface area (Å²) in [6.45, 7) is 0. The van der Waals surface area contributed by atoms with Crippen LogP contribution in [0.15, 0.2) is 163 Å². The molecule has 7 aromatic rings. The van der Waals surface area contributed by atoms with Crippen molar-refractivity contribution >= 4 is 33.1 Å². The lowest BCUT2D eigenvalue weighted by Gasteiger charge is -2.32. The highest BCUT2D eigenvalue weighted by molar-refractivity contribution is 6.14. The number of fused-ring (bicyclic) bond motifs is 5. The van der Waals surface area contributed by atoms with E-state index in [1.54, 1.807) is 0 Å². The van der Waals surface area contributed by atoms with Crippen LogP contribution < -0.4 is 20.7 Å². The summed E-state index contributed by atoms with van der Waals surface area (Å²) in [5.41, 5.74) is 7.73. The van der Waals surface area contributed by atoms with E-state index in [-0.39, 0.29) is 18.6 Å². The molecule has 0 spiro atoms. The van der Waals surface area contributed by atoms with Gasteiger partial charge in [0.25, 0.3) is 0 Å². The second-order valence-electron chi connectivity index (χ2n) is 12.1. The second-order valence-corrected chi connectivity index (χ2v) is 12.1. The molecule has 5 heteroatoms. The van der Waals surface area contributed by atoms with Gasteiger partial charge in [0.2, 0.25) is 0 Å². The van der Waals surface area contributed by atoms with Gasteiger partial charge in [-0.3, -0.25) is 5.32 Å². The largest absolute Gasteiger partial charge is 0.464 e. The van der Waals surface area contributed by atoms with Crippen molar-refractivity contribution in [2.45, 2.75) is 18.6 Å². The number of hydrogen-bond donors (Lipinski definition) is 3. The number of nitrogens with zero attached hydrogens (tertiary/aromatic N) is 1. The van der Waals surface area contributed by atoms with Gasteiger partial charge in [0.05, 0.1) is 5.69 Å². The Hall–Kier alpha value is -5.91. The minimum Gasteiger partial charge on any atom is -0.464 e. The van der Waals surface area contributed by atoms with Crippen LogP contribution in [0, 0.1) is 0 Å². The van der Waals surface area contributed by atoms with E-state index in [1.807, 2.05) is 30.3 Å². The Bertz CT molecular complexity index is 2270. The maximum absolute atomic E-state index is 6.61. The van der Waals surface area contributed by atoms with Gasteiger partial charge in [-0.2, -0.15) is 0 Å². The fourth-order valence-corrected chi connectivity index (χ4v) is 6.77. The second kappa shape index (κ2) is 11.5. The van der Waals surface area contributed by atoms with Crippen LogP contribution in [-0.2, 0) is 0 Å². The monoisotopic (exact) mass is 608 g/mol. The molecule has 47 heavy (non-hydrogen) atoms. The molecular formula is C42H32N4O. The van der Waals surface area contributed by atoms with E-state index in [9.17, 15) is 0 Å². The summed E-state index contributed by atoms with van der Waals surface area (Å²) < 4.78 is 6.61. The topological polar surface area (TPSA) is 57.7 Å². The fourth-order valence-electron chi connectivity index (χ4n) is 6.77. The Balaban J connectivity index is 1.11. The number of benzene rings is 7. The van der Waals surface area contributed by atoms with Crippen molar-refractivity contribution in [2.75, 3.05) is 5.32 Å². The van der Waals surface area contributed by atoms with Crippen LogP contribution in [0.2, 0.25) is 0 Å². The molecule has 5 nitrogen and oxygen atoms in total. The van der Waals surface area contributed by atoms with Gasteiger partial charge in [-0.1, -0.05) is 140 Å². The summed E-state index contributed by atoms with van der Waals surface area (Å²) in [6.07, 6.45) is -0.478. The average molecular weight is 609 g/mol. The minimum absolute atomic E-state index is 0.0833. The number of rotatable bonds is 5. The predicted molar refractivity (Wildman–Crippen MR) is 191 cm³/mol. The molecule has 7 aromatic carbocycles. The van der Waals surface area contributed by atoms with Crippen molar-refractivity contribution in [3.63, 3.8) is 0 Å². The molecule has 0 bridgehead atoms. The number of ether oxygens (including phenoxy) is 1. The van der Waals surface area contributed by atoms with Crippen molar-refractivity contribution in [3.8, 4) is 16.9 Å². The van der Waals surface area contributed by atoms with Crippen LogP contribution in [0.3, 0.4) is 0 Å². The highest BCUT2D eigenvalue weighted by Crippen LogP contribution is 2.46. The van der Waals surface area contributed by atoms with Crippen molar-refractivity contribution in [3.05, 3.63) is 180 Å². The number of anilines is 1. The van der Waals surface area contributed by atoms with Crippen LogP contribution in [-0.4, -0.2) is 5.84 Å². The standard InChI is InChI=1S/C42H32N4O/c1-4-11-29(12-5-1)39-44-40(30-13-6-2-7-14-30)46-41(45-39)34-18-10-17-32(25-34)33-22-20-27-19-21-28-23-24-36-38(37(28)35(27)26-33)47-42(43-36)31-15-8-3-9-16-31/h1-26,39-40,42-44H,(H,45,46). The summed E-state index contributed by atoms with van der Waals surface area (Å²) >= 11 is 0. The molecule has 9 rings (SSSR count). The van der Waals surface area contributed by atoms with Gasteiger partial charge in [0.15, 0.2) is 12.0 Å². The minimum atomic E-state index is -0.218. The van der Waals surface area contributed by atoms with E-state index in [0.717, 1.165) is 61.4 Å². The van der Waals surface area contributed by atoms with E-state index in [2.05, 4.69) is 143 Å². The summed E-state index contributed by atoms with van der Waals surface area (Å²) in [6, 6.07) is 55.3. The van der Waals surface area contributed by atoms with E-state index in [1.165, 1.54) is 10.8 Å². The highest BCUT2D eigenvalue weighted by Gasteiger charge is 2.27. The normalized spacial score (nSPS) is 18.6. The SMILES string of the molecule is c1ccc(C2N=C(c3cccc(-c4ccc5ccc6ccc7c(c6c5c4)OC(c4ccccc4)N7)c3)NC(c3ccccc3)N2)cc1. The van der Waals surface area contributed by atoms with Gasteiger partial charge in [-0.15, -0.1) is 0 Å². The van der Waals surface area contributed by atoms with Crippen LogP contribution in [0.4, 0.5) is 5.69 Å². The molecule has 3 atom stereocenters. The third kappa shape index (κ3) is 5.07. The summed E-state index contributed by atoms with van der Waals surface area (Å²) in [5, 5.41) is 15.6. The Morgan fingerprint density at radius 2 is 1.15 bits per heavy atom. The fraction of sp³-hybridized carbons (Fsp3) is 0.0714. The molecule has 226 valence electrons. The number of aliphatic imine (C=N–C) groups is 1. The average Bonchev–Trinajstić information content (AvgIpc) is 3.60. The van der Waals surface area contributed by atoms with Gasteiger partial charge in [-0.25, -0.2) is 4.99 Å². The zero-order valence-electron chi connectivity index (χ0n) is 25.6. The number of nitrogens with one attached hydrogen (secondary N) is 3. The maximum Gasteiger partial charge on any atom is 0.196 e. The van der Waals surface area contributed by atoms with Crippen LogP contribution in [0.25, 0.3) is 32.7 Å². The molecule has 0 radical (unpaired) electrons.